The molecule has 5 nitrogen and oxygen atoms in total. The molecule has 2 heterocycles. The Bertz CT molecular complexity index is 747. The molecule has 0 saturated heterocycles. The van der Waals surface area contributed by atoms with Crippen LogP contribution in [-0.4, -0.2) is 20.9 Å². The lowest BCUT2D eigenvalue weighted by atomic mass is 10.1. The van der Waals surface area contributed by atoms with Gasteiger partial charge in [0.15, 0.2) is 0 Å². The maximum absolute atomic E-state index is 12.0. The minimum atomic E-state index is -0.202. The van der Waals surface area contributed by atoms with Crippen molar-refractivity contribution in [1.29, 1.82) is 0 Å². The second-order valence-electron chi connectivity index (χ2n) is 4.65. The van der Waals surface area contributed by atoms with E-state index in [9.17, 15) is 4.79 Å². The highest BCUT2D eigenvalue weighted by atomic mass is 16.1. The molecule has 2 N–H and O–H groups in total. The van der Waals surface area contributed by atoms with Crippen molar-refractivity contribution >= 4 is 11.6 Å². The van der Waals surface area contributed by atoms with Crippen molar-refractivity contribution in [3.05, 3.63) is 66.5 Å². The Kier molecular flexibility index (Phi) is 3.47. The molecule has 0 radical (unpaired) electrons. The molecule has 0 bridgehead atoms. The SMILES string of the molecule is Cc1ncc(C(=O)Nc2ccc(-c3ccncc3)cc2)[nH]1. The molecule has 5 heteroatoms. The van der Waals surface area contributed by atoms with Gasteiger partial charge in [-0.2, -0.15) is 0 Å². The van der Waals surface area contributed by atoms with E-state index in [1.165, 1.54) is 6.20 Å². The number of pyridine rings is 1. The molecule has 0 spiro atoms. The number of amides is 1. The van der Waals surface area contributed by atoms with Gasteiger partial charge in [0.1, 0.15) is 11.5 Å². The molecule has 21 heavy (non-hydrogen) atoms. The van der Waals surface area contributed by atoms with Crippen LogP contribution in [0.4, 0.5) is 5.69 Å². The van der Waals surface area contributed by atoms with Gasteiger partial charge >= 0.3 is 0 Å². The average Bonchev–Trinajstić information content (AvgIpc) is 2.96. The fraction of sp³-hybridized carbons (Fsp3) is 0.0625. The number of benzene rings is 1. The number of rotatable bonds is 3. The zero-order chi connectivity index (χ0) is 14.7. The lowest BCUT2D eigenvalue weighted by Crippen LogP contribution is -2.12. The van der Waals surface area contributed by atoms with Crippen LogP contribution in [0.3, 0.4) is 0 Å². The molecule has 3 aromatic rings. The Balaban J connectivity index is 1.74. The monoisotopic (exact) mass is 278 g/mol. The van der Waals surface area contributed by atoms with Crippen LogP contribution in [0, 0.1) is 6.92 Å². The molecular weight excluding hydrogens is 264 g/mol. The highest BCUT2D eigenvalue weighted by Crippen LogP contribution is 2.20. The van der Waals surface area contributed by atoms with Crippen molar-refractivity contribution < 1.29 is 4.79 Å². The van der Waals surface area contributed by atoms with Gasteiger partial charge in [0.25, 0.3) is 5.91 Å². The van der Waals surface area contributed by atoms with E-state index in [1.807, 2.05) is 36.4 Å². The molecule has 0 atom stereocenters. The highest BCUT2D eigenvalue weighted by molar-refractivity contribution is 6.02. The molecule has 2 aromatic heterocycles. The molecule has 0 saturated carbocycles. The number of carbonyl (C=O) groups excluding carboxylic acids is 1. The zero-order valence-electron chi connectivity index (χ0n) is 11.5. The number of H-pyrrole nitrogens is 1. The van der Waals surface area contributed by atoms with E-state index < -0.39 is 0 Å². The lowest BCUT2D eigenvalue weighted by Gasteiger charge is -2.05. The third-order valence-electron chi connectivity index (χ3n) is 3.10. The van der Waals surface area contributed by atoms with Gasteiger partial charge in [0, 0.05) is 18.1 Å². The lowest BCUT2D eigenvalue weighted by molar-refractivity contribution is 0.102. The standard InChI is InChI=1S/C16H14N4O/c1-11-18-10-15(19-11)16(21)20-14-4-2-12(3-5-14)13-6-8-17-9-7-13/h2-10H,1H3,(H,18,19)(H,20,21). The summed E-state index contributed by atoms with van der Waals surface area (Å²) in [7, 11) is 0. The Hall–Kier alpha value is -2.95. The van der Waals surface area contributed by atoms with Crippen LogP contribution in [0.5, 0.6) is 0 Å². The number of nitrogens with one attached hydrogen (secondary N) is 2. The summed E-state index contributed by atoms with van der Waals surface area (Å²) in [5, 5.41) is 2.83. The topological polar surface area (TPSA) is 70.7 Å². The van der Waals surface area contributed by atoms with Gasteiger partial charge in [-0.25, -0.2) is 4.98 Å². The minimum Gasteiger partial charge on any atom is -0.338 e. The van der Waals surface area contributed by atoms with Crippen LogP contribution in [-0.2, 0) is 0 Å². The van der Waals surface area contributed by atoms with E-state index in [-0.39, 0.29) is 5.91 Å². The van der Waals surface area contributed by atoms with Gasteiger partial charge in [-0.1, -0.05) is 12.1 Å². The first kappa shape index (κ1) is 13.1. The van der Waals surface area contributed by atoms with E-state index in [0.29, 0.717) is 11.5 Å². The van der Waals surface area contributed by atoms with E-state index in [0.717, 1.165) is 16.8 Å². The van der Waals surface area contributed by atoms with Crippen LogP contribution in [0.25, 0.3) is 11.1 Å². The number of carbonyl (C=O) groups is 1. The number of aryl methyl sites for hydroxylation is 1. The molecule has 0 unspecified atom stereocenters. The summed E-state index contributed by atoms with van der Waals surface area (Å²) in [4.78, 5) is 22.9. The van der Waals surface area contributed by atoms with Crippen LogP contribution in [0.2, 0.25) is 0 Å². The van der Waals surface area contributed by atoms with E-state index in [2.05, 4.69) is 20.3 Å². The second-order valence-corrected chi connectivity index (χ2v) is 4.65. The number of aromatic nitrogens is 3. The van der Waals surface area contributed by atoms with Crippen LogP contribution in [0.1, 0.15) is 16.3 Å². The highest BCUT2D eigenvalue weighted by Gasteiger charge is 2.08. The maximum Gasteiger partial charge on any atom is 0.273 e. The number of anilines is 1. The number of hydrogen-bond acceptors (Lipinski definition) is 3. The number of hydrogen-bond donors (Lipinski definition) is 2. The second kappa shape index (κ2) is 5.58. The first-order chi connectivity index (χ1) is 10.2. The third kappa shape index (κ3) is 2.97. The van der Waals surface area contributed by atoms with Crippen molar-refractivity contribution in [2.24, 2.45) is 0 Å². The predicted octanol–water partition coefficient (Wildman–Crippen LogP) is 3.03. The van der Waals surface area contributed by atoms with E-state index >= 15 is 0 Å². The normalized spacial score (nSPS) is 10.3. The number of aromatic amines is 1. The first-order valence-corrected chi connectivity index (χ1v) is 6.56. The quantitative estimate of drug-likeness (QED) is 0.773. The average molecular weight is 278 g/mol. The zero-order valence-corrected chi connectivity index (χ0v) is 11.5. The van der Waals surface area contributed by atoms with Gasteiger partial charge in [-0.15, -0.1) is 0 Å². The van der Waals surface area contributed by atoms with Crippen LogP contribution < -0.4 is 5.32 Å². The Morgan fingerprint density at radius 3 is 2.33 bits per heavy atom. The van der Waals surface area contributed by atoms with Crippen molar-refractivity contribution in [2.45, 2.75) is 6.92 Å². The molecule has 0 aliphatic heterocycles. The summed E-state index contributed by atoms with van der Waals surface area (Å²) < 4.78 is 0. The van der Waals surface area contributed by atoms with Gasteiger partial charge in [-0.05, 0) is 42.3 Å². The third-order valence-corrected chi connectivity index (χ3v) is 3.10. The van der Waals surface area contributed by atoms with Gasteiger partial charge < -0.3 is 10.3 Å². The van der Waals surface area contributed by atoms with Gasteiger partial charge in [-0.3, -0.25) is 9.78 Å². The summed E-state index contributed by atoms with van der Waals surface area (Å²) in [6.45, 7) is 1.81. The van der Waals surface area contributed by atoms with Gasteiger partial charge in [0.2, 0.25) is 0 Å². The molecule has 3 rings (SSSR count). The molecule has 1 aromatic carbocycles. The predicted molar refractivity (Wildman–Crippen MR) is 81.0 cm³/mol. The first-order valence-electron chi connectivity index (χ1n) is 6.56. The van der Waals surface area contributed by atoms with E-state index in [4.69, 9.17) is 0 Å². The minimum absolute atomic E-state index is 0.202. The number of imidazole rings is 1. The van der Waals surface area contributed by atoms with Crippen molar-refractivity contribution in [3.63, 3.8) is 0 Å². The summed E-state index contributed by atoms with van der Waals surface area (Å²) in [5.74, 6) is 0.514. The number of nitrogens with zero attached hydrogens (tertiary/aromatic N) is 2. The summed E-state index contributed by atoms with van der Waals surface area (Å²) in [6.07, 6.45) is 5.03. The fourth-order valence-electron chi connectivity index (χ4n) is 2.03. The Labute approximate surface area is 122 Å². The van der Waals surface area contributed by atoms with Crippen molar-refractivity contribution in [3.8, 4) is 11.1 Å². The van der Waals surface area contributed by atoms with Crippen LogP contribution in [0.15, 0.2) is 55.0 Å². The maximum atomic E-state index is 12.0. The van der Waals surface area contributed by atoms with E-state index in [1.54, 1.807) is 19.3 Å². The Morgan fingerprint density at radius 2 is 1.71 bits per heavy atom. The largest absolute Gasteiger partial charge is 0.338 e. The molecule has 0 aliphatic carbocycles. The van der Waals surface area contributed by atoms with Crippen LogP contribution >= 0.6 is 0 Å². The molecule has 104 valence electrons. The summed E-state index contributed by atoms with van der Waals surface area (Å²) in [6, 6.07) is 11.6. The summed E-state index contributed by atoms with van der Waals surface area (Å²) in [5.41, 5.74) is 3.36. The smallest absolute Gasteiger partial charge is 0.273 e. The molecule has 0 fully saturated rings. The van der Waals surface area contributed by atoms with Crippen molar-refractivity contribution in [2.75, 3.05) is 5.32 Å². The summed E-state index contributed by atoms with van der Waals surface area (Å²) >= 11 is 0. The van der Waals surface area contributed by atoms with Gasteiger partial charge in [0.05, 0.1) is 6.20 Å². The molecule has 1 amide bonds. The molecular formula is C16H14N4O. The van der Waals surface area contributed by atoms with Crippen molar-refractivity contribution in [1.82, 2.24) is 15.0 Å². The molecule has 0 aliphatic rings. The Morgan fingerprint density at radius 1 is 1.05 bits per heavy atom. The fourth-order valence-corrected chi connectivity index (χ4v) is 2.03.